The zero-order valence-electron chi connectivity index (χ0n) is 17.9. The van der Waals surface area contributed by atoms with Gasteiger partial charge in [0.25, 0.3) is 0 Å². The predicted octanol–water partition coefficient (Wildman–Crippen LogP) is 2.36. The summed E-state index contributed by atoms with van der Waals surface area (Å²) < 4.78 is 5.80. The highest BCUT2D eigenvalue weighted by atomic mass is 16.6. The van der Waals surface area contributed by atoms with Gasteiger partial charge in [0.1, 0.15) is 6.10 Å². The Hall–Kier alpha value is -1.34. The standard InChI is InChI=1S/C22H36N4O3/c1-14-12-24(22(28)29-19-4-3-5-19)21-10-16(6-9-20(21)26(14)15(2)27)17-11-23-25(13-17)18-7-8-18/h14,16-21,23H,3-13H2,1-2H3/t14-,16?,17?,20?,21?/m0/s1. The van der Waals surface area contributed by atoms with Gasteiger partial charge in [-0.25, -0.2) is 9.80 Å². The van der Waals surface area contributed by atoms with Crippen LogP contribution in [0.4, 0.5) is 4.79 Å². The van der Waals surface area contributed by atoms with Crippen LogP contribution < -0.4 is 5.43 Å². The highest BCUT2D eigenvalue weighted by molar-refractivity contribution is 5.75. The van der Waals surface area contributed by atoms with Crippen LogP contribution in [0.25, 0.3) is 0 Å². The maximum absolute atomic E-state index is 13.0. The molecule has 5 fully saturated rings. The second kappa shape index (κ2) is 7.73. The molecule has 2 aliphatic heterocycles. The van der Waals surface area contributed by atoms with Crippen molar-refractivity contribution in [2.75, 3.05) is 19.6 Å². The summed E-state index contributed by atoms with van der Waals surface area (Å²) in [5.74, 6) is 1.39. The lowest BCUT2D eigenvalue weighted by Crippen LogP contribution is -2.67. The Morgan fingerprint density at radius 1 is 0.966 bits per heavy atom. The minimum atomic E-state index is -0.149. The topological polar surface area (TPSA) is 65.1 Å². The zero-order valence-corrected chi connectivity index (χ0v) is 17.9. The van der Waals surface area contributed by atoms with E-state index in [-0.39, 0.29) is 36.2 Å². The van der Waals surface area contributed by atoms with Gasteiger partial charge in [-0.15, -0.1) is 0 Å². The summed E-state index contributed by atoms with van der Waals surface area (Å²) in [5, 5.41) is 2.45. The third-order valence-electron chi connectivity index (χ3n) is 8.07. The summed E-state index contributed by atoms with van der Waals surface area (Å²) in [5.41, 5.74) is 3.61. The fourth-order valence-corrected chi connectivity index (χ4v) is 6.13. The van der Waals surface area contributed by atoms with Crippen LogP contribution in [0.1, 0.15) is 65.2 Å². The van der Waals surface area contributed by atoms with Crippen LogP contribution in [0.2, 0.25) is 0 Å². The number of ether oxygens (including phenoxy) is 1. The molecule has 5 aliphatic rings. The van der Waals surface area contributed by atoms with Crippen molar-refractivity contribution in [3.63, 3.8) is 0 Å². The van der Waals surface area contributed by atoms with Gasteiger partial charge in [0.05, 0.1) is 12.1 Å². The van der Waals surface area contributed by atoms with Gasteiger partial charge in [-0.05, 0) is 70.1 Å². The van der Waals surface area contributed by atoms with Crippen LogP contribution in [-0.2, 0) is 9.53 Å². The fourth-order valence-electron chi connectivity index (χ4n) is 6.13. The number of hydrazine groups is 1. The molecule has 29 heavy (non-hydrogen) atoms. The summed E-state index contributed by atoms with van der Waals surface area (Å²) in [6.07, 6.45) is 8.88. The van der Waals surface area contributed by atoms with Crippen molar-refractivity contribution in [1.82, 2.24) is 20.2 Å². The predicted molar refractivity (Wildman–Crippen MR) is 109 cm³/mol. The molecule has 0 aromatic heterocycles. The SMILES string of the molecule is CC(=O)N1C2CCC(C3CNN(C4CC4)C3)CC2N(C(=O)OC2CCC2)C[C@@H]1C. The summed E-state index contributed by atoms with van der Waals surface area (Å²) in [4.78, 5) is 29.5. The van der Waals surface area contributed by atoms with E-state index in [4.69, 9.17) is 4.74 Å². The Labute approximate surface area is 174 Å². The Bertz CT molecular complexity index is 650. The largest absolute Gasteiger partial charge is 0.446 e. The van der Waals surface area contributed by atoms with E-state index in [1.807, 2.05) is 4.90 Å². The van der Waals surface area contributed by atoms with Gasteiger partial charge in [0.2, 0.25) is 5.91 Å². The number of fused-ring (bicyclic) bond motifs is 1. The summed E-state index contributed by atoms with van der Waals surface area (Å²) in [7, 11) is 0. The molecule has 0 aromatic rings. The van der Waals surface area contributed by atoms with Gasteiger partial charge >= 0.3 is 6.09 Å². The first-order chi connectivity index (χ1) is 14.0. The molecule has 3 aliphatic carbocycles. The smallest absolute Gasteiger partial charge is 0.410 e. The summed E-state index contributed by atoms with van der Waals surface area (Å²) in [6.45, 7) is 6.53. The van der Waals surface area contributed by atoms with Crippen molar-refractivity contribution in [2.24, 2.45) is 11.8 Å². The molecule has 5 rings (SSSR count). The van der Waals surface area contributed by atoms with Gasteiger partial charge in [-0.3, -0.25) is 10.2 Å². The van der Waals surface area contributed by atoms with E-state index < -0.39 is 0 Å². The second-order valence-corrected chi connectivity index (χ2v) is 10.1. The van der Waals surface area contributed by atoms with E-state index in [0.717, 1.165) is 57.7 Å². The number of carbonyl (C=O) groups excluding carboxylic acids is 2. The Balaban J connectivity index is 1.31. The number of rotatable bonds is 3. The van der Waals surface area contributed by atoms with Gasteiger partial charge in [-0.1, -0.05) is 0 Å². The van der Waals surface area contributed by atoms with Gasteiger partial charge in [-0.2, -0.15) is 0 Å². The Morgan fingerprint density at radius 2 is 1.76 bits per heavy atom. The van der Waals surface area contributed by atoms with E-state index in [0.29, 0.717) is 18.4 Å². The molecule has 0 spiro atoms. The lowest BCUT2D eigenvalue weighted by molar-refractivity contribution is -0.143. The first kappa shape index (κ1) is 19.6. The lowest BCUT2D eigenvalue weighted by Gasteiger charge is -2.54. The van der Waals surface area contributed by atoms with Crippen LogP contribution in [0.3, 0.4) is 0 Å². The minimum Gasteiger partial charge on any atom is -0.446 e. The van der Waals surface area contributed by atoms with Crippen LogP contribution >= 0.6 is 0 Å². The number of piperazine rings is 1. The molecule has 7 heteroatoms. The molecular formula is C22H36N4O3. The number of amides is 2. The molecule has 0 radical (unpaired) electrons. The zero-order chi connectivity index (χ0) is 20.1. The Kier molecular flexibility index (Phi) is 5.23. The van der Waals surface area contributed by atoms with Crippen molar-refractivity contribution in [3.8, 4) is 0 Å². The first-order valence-corrected chi connectivity index (χ1v) is 11.8. The van der Waals surface area contributed by atoms with E-state index in [2.05, 4.69) is 22.3 Å². The van der Waals surface area contributed by atoms with Crippen molar-refractivity contribution in [1.29, 1.82) is 0 Å². The van der Waals surface area contributed by atoms with Gasteiger partial charge < -0.3 is 14.5 Å². The molecule has 2 saturated heterocycles. The van der Waals surface area contributed by atoms with Crippen LogP contribution in [0, 0.1) is 11.8 Å². The fraction of sp³-hybridized carbons (Fsp3) is 0.909. The van der Waals surface area contributed by atoms with Crippen LogP contribution in [-0.4, -0.2) is 76.7 Å². The number of hydrogen-bond acceptors (Lipinski definition) is 5. The maximum atomic E-state index is 13.0. The van der Waals surface area contributed by atoms with Crippen molar-refractivity contribution < 1.29 is 14.3 Å². The molecule has 0 bridgehead atoms. The Morgan fingerprint density at radius 3 is 2.41 bits per heavy atom. The molecule has 4 unspecified atom stereocenters. The maximum Gasteiger partial charge on any atom is 0.410 e. The van der Waals surface area contributed by atoms with E-state index in [1.165, 1.54) is 12.8 Å². The highest BCUT2D eigenvalue weighted by Gasteiger charge is 2.49. The number of nitrogens with zero attached hydrogens (tertiary/aromatic N) is 3. The van der Waals surface area contributed by atoms with Crippen molar-refractivity contribution in [3.05, 3.63) is 0 Å². The second-order valence-electron chi connectivity index (χ2n) is 10.1. The monoisotopic (exact) mass is 404 g/mol. The van der Waals surface area contributed by atoms with E-state index in [1.54, 1.807) is 6.92 Å². The molecular weight excluding hydrogens is 368 g/mol. The molecule has 1 N–H and O–H groups in total. The number of carbonyl (C=O) groups is 2. The minimum absolute atomic E-state index is 0.0535. The molecule has 2 amide bonds. The van der Waals surface area contributed by atoms with E-state index >= 15 is 0 Å². The van der Waals surface area contributed by atoms with Crippen LogP contribution in [0.15, 0.2) is 0 Å². The van der Waals surface area contributed by atoms with Crippen molar-refractivity contribution in [2.45, 2.75) is 95.5 Å². The number of nitrogens with one attached hydrogen (secondary N) is 1. The molecule has 2 heterocycles. The summed E-state index contributed by atoms with van der Waals surface area (Å²) >= 11 is 0. The van der Waals surface area contributed by atoms with E-state index in [9.17, 15) is 9.59 Å². The number of hydrogen-bond donors (Lipinski definition) is 1. The quantitative estimate of drug-likeness (QED) is 0.782. The highest BCUT2D eigenvalue weighted by Crippen LogP contribution is 2.41. The third-order valence-corrected chi connectivity index (χ3v) is 8.07. The van der Waals surface area contributed by atoms with Gasteiger partial charge in [0.15, 0.2) is 0 Å². The van der Waals surface area contributed by atoms with Crippen molar-refractivity contribution >= 4 is 12.0 Å². The summed E-state index contributed by atoms with van der Waals surface area (Å²) in [6, 6.07) is 1.03. The molecule has 3 saturated carbocycles. The average molecular weight is 405 g/mol. The normalized spacial score (nSPS) is 38.5. The molecule has 7 nitrogen and oxygen atoms in total. The van der Waals surface area contributed by atoms with Gasteiger partial charge in [0, 0.05) is 38.6 Å². The molecule has 162 valence electrons. The molecule has 0 aromatic carbocycles. The molecule has 5 atom stereocenters. The average Bonchev–Trinajstić information content (AvgIpc) is 3.40. The van der Waals surface area contributed by atoms with Crippen LogP contribution in [0.5, 0.6) is 0 Å². The third kappa shape index (κ3) is 3.76. The first-order valence-electron chi connectivity index (χ1n) is 11.8. The lowest BCUT2D eigenvalue weighted by atomic mass is 9.73.